The largest absolute Gasteiger partial charge is 0.393 e. The molecule has 0 saturated heterocycles. The highest BCUT2D eigenvalue weighted by atomic mass is 16.7. The number of ether oxygens (including phenoxy) is 4. The molecule has 142 valence electrons. The van der Waals surface area contributed by atoms with Crippen molar-refractivity contribution in [1.29, 1.82) is 0 Å². The lowest BCUT2D eigenvalue weighted by Gasteiger charge is -2.22. The third kappa shape index (κ3) is 8.39. The van der Waals surface area contributed by atoms with Crippen molar-refractivity contribution >= 4 is 6.21 Å². The highest BCUT2D eigenvalue weighted by Gasteiger charge is 2.38. The Morgan fingerprint density at radius 1 is 1.17 bits per heavy atom. The second kappa shape index (κ2) is 12.6. The fraction of sp³-hybridized carbons (Fsp3) is 0.941. The van der Waals surface area contributed by atoms with Gasteiger partial charge in [-0.2, -0.15) is 5.10 Å². The Morgan fingerprint density at radius 2 is 1.92 bits per heavy atom. The number of rotatable bonds is 13. The number of aliphatic hydroxyl groups is 1. The second-order valence-corrected chi connectivity index (χ2v) is 6.42. The zero-order valence-electron chi connectivity index (χ0n) is 15.5. The van der Waals surface area contributed by atoms with Crippen LogP contribution in [-0.4, -0.2) is 83.5 Å². The monoisotopic (exact) mass is 346 g/mol. The van der Waals surface area contributed by atoms with Gasteiger partial charge in [0.25, 0.3) is 0 Å². The normalized spacial score (nSPS) is 25.5. The number of hydrazone groups is 1. The molecule has 1 N–H and O–H groups in total. The highest BCUT2D eigenvalue weighted by molar-refractivity contribution is 5.61. The Kier molecular flexibility index (Phi) is 11.2. The van der Waals surface area contributed by atoms with E-state index in [-0.39, 0.29) is 30.8 Å². The molecule has 0 aliphatic heterocycles. The summed E-state index contributed by atoms with van der Waals surface area (Å²) in [6, 6.07) is 0. The maximum atomic E-state index is 10.5. The van der Waals surface area contributed by atoms with Crippen LogP contribution in [-0.2, 0) is 18.9 Å². The molecule has 0 spiro atoms. The van der Waals surface area contributed by atoms with Gasteiger partial charge in [-0.3, -0.25) is 0 Å². The van der Waals surface area contributed by atoms with E-state index in [1.807, 2.05) is 20.3 Å². The molecule has 0 heterocycles. The first-order valence-corrected chi connectivity index (χ1v) is 8.65. The Labute approximate surface area is 145 Å². The van der Waals surface area contributed by atoms with Crippen molar-refractivity contribution in [2.24, 2.45) is 16.9 Å². The van der Waals surface area contributed by atoms with Crippen LogP contribution < -0.4 is 0 Å². The van der Waals surface area contributed by atoms with Crippen LogP contribution >= 0.6 is 0 Å². The Morgan fingerprint density at radius 3 is 2.58 bits per heavy atom. The van der Waals surface area contributed by atoms with E-state index in [2.05, 4.69) is 5.10 Å². The minimum absolute atomic E-state index is 0.0910. The second-order valence-electron chi connectivity index (χ2n) is 6.42. The van der Waals surface area contributed by atoms with Gasteiger partial charge < -0.3 is 29.1 Å². The zero-order valence-corrected chi connectivity index (χ0v) is 15.5. The molecule has 7 heteroatoms. The third-order valence-electron chi connectivity index (χ3n) is 4.27. The van der Waals surface area contributed by atoms with E-state index in [0.29, 0.717) is 19.8 Å². The molecule has 1 fully saturated rings. The van der Waals surface area contributed by atoms with Crippen LogP contribution in [0.4, 0.5) is 0 Å². The van der Waals surface area contributed by atoms with E-state index in [4.69, 9.17) is 18.9 Å². The SMILES string of the molecule is COCCC[C@@H](O)[C@@H]1C[C@@H](OCOCCOC)C[C@@H]1/C=N/N(C)C. The van der Waals surface area contributed by atoms with Crippen LogP contribution in [0.3, 0.4) is 0 Å². The van der Waals surface area contributed by atoms with E-state index in [9.17, 15) is 5.11 Å². The average Bonchev–Trinajstić information content (AvgIpc) is 2.96. The van der Waals surface area contributed by atoms with E-state index in [1.165, 1.54) is 0 Å². The molecule has 24 heavy (non-hydrogen) atoms. The Hall–Kier alpha value is -0.730. The minimum atomic E-state index is -0.359. The van der Waals surface area contributed by atoms with E-state index < -0.39 is 0 Å². The van der Waals surface area contributed by atoms with Gasteiger partial charge >= 0.3 is 0 Å². The summed E-state index contributed by atoms with van der Waals surface area (Å²) in [5.41, 5.74) is 0. The van der Waals surface area contributed by atoms with Crippen molar-refractivity contribution in [1.82, 2.24) is 5.01 Å². The van der Waals surface area contributed by atoms with Crippen LogP contribution in [0.2, 0.25) is 0 Å². The van der Waals surface area contributed by atoms with Gasteiger partial charge in [-0.15, -0.1) is 0 Å². The van der Waals surface area contributed by atoms with Crippen LogP contribution in [0.15, 0.2) is 5.10 Å². The highest BCUT2D eigenvalue weighted by Crippen LogP contribution is 2.36. The summed E-state index contributed by atoms with van der Waals surface area (Å²) in [6.07, 6.45) is 4.96. The lowest BCUT2D eigenvalue weighted by atomic mass is 9.89. The van der Waals surface area contributed by atoms with Gasteiger partial charge in [0.15, 0.2) is 0 Å². The van der Waals surface area contributed by atoms with Crippen LogP contribution in [0.25, 0.3) is 0 Å². The molecule has 0 aromatic rings. The summed E-state index contributed by atoms with van der Waals surface area (Å²) < 4.78 is 21.2. The fourth-order valence-electron chi connectivity index (χ4n) is 3.02. The summed E-state index contributed by atoms with van der Waals surface area (Å²) in [6.45, 7) is 2.02. The first-order chi connectivity index (χ1) is 11.6. The molecule has 0 radical (unpaired) electrons. The molecule has 0 bridgehead atoms. The van der Waals surface area contributed by atoms with Gasteiger partial charge in [0.1, 0.15) is 6.79 Å². The first-order valence-electron chi connectivity index (χ1n) is 8.65. The molecule has 1 saturated carbocycles. The maximum Gasteiger partial charge on any atom is 0.147 e. The van der Waals surface area contributed by atoms with Crippen molar-refractivity contribution in [3.63, 3.8) is 0 Å². The van der Waals surface area contributed by atoms with Crippen molar-refractivity contribution in [2.75, 3.05) is 54.9 Å². The first kappa shape index (κ1) is 21.3. The zero-order chi connectivity index (χ0) is 17.8. The summed E-state index contributed by atoms with van der Waals surface area (Å²) >= 11 is 0. The number of hydrogen-bond donors (Lipinski definition) is 1. The van der Waals surface area contributed by atoms with E-state index in [1.54, 1.807) is 19.2 Å². The smallest absolute Gasteiger partial charge is 0.147 e. The quantitative estimate of drug-likeness (QED) is 0.235. The van der Waals surface area contributed by atoms with E-state index in [0.717, 1.165) is 25.7 Å². The maximum absolute atomic E-state index is 10.5. The predicted octanol–water partition coefficient (Wildman–Crippen LogP) is 1.35. The minimum Gasteiger partial charge on any atom is -0.393 e. The molecule has 1 rings (SSSR count). The molecule has 1 aliphatic carbocycles. The summed E-state index contributed by atoms with van der Waals surface area (Å²) in [5.74, 6) is 0.378. The summed E-state index contributed by atoms with van der Waals surface area (Å²) in [4.78, 5) is 0. The van der Waals surface area contributed by atoms with Crippen molar-refractivity contribution in [3.8, 4) is 0 Å². The number of methoxy groups -OCH3 is 2. The van der Waals surface area contributed by atoms with Crippen LogP contribution in [0, 0.1) is 11.8 Å². The van der Waals surface area contributed by atoms with Crippen LogP contribution in [0.1, 0.15) is 25.7 Å². The standard InChI is InChI=1S/C17H34N2O5/c1-19(2)18-12-14-10-15(24-13-23-9-8-22-4)11-16(14)17(20)6-5-7-21-3/h12,14-17,20H,5-11,13H2,1-4H3/b18-12+/t14-,15+,16-,17-/m1/s1. The molecule has 0 amide bonds. The van der Waals surface area contributed by atoms with Gasteiger partial charge in [-0.05, 0) is 31.6 Å². The van der Waals surface area contributed by atoms with Crippen molar-refractivity contribution in [3.05, 3.63) is 0 Å². The molecule has 0 unspecified atom stereocenters. The van der Waals surface area contributed by atoms with Gasteiger partial charge in [-0.25, -0.2) is 0 Å². The molecule has 0 aromatic heterocycles. The fourth-order valence-corrected chi connectivity index (χ4v) is 3.02. The van der Waals surface area contributed by atoms with Gasteiger partial charge in [0.2, 0.25) is 0 Å². The van der Waals surface area contributed by atoms with Gasteiger partial charge in [0, 0.05) is 47.1 Å². The average molecular weight is 346 g/mol. The molecular formula is C17H34N2O5. The van der Waals surface area contributed by atoms with Gasteiger partial charge in [-0.1, -0.05) is 0 Å². The molecular weight excluding hydrogens is 312 g/mol. The molecule has 0 aromatic carbocycles. The summed E-state index contributed by atoms with van der Waals surface area (Å²) in [7, 11) is 7.12. The lowest BCUT2D eigenvalue weighted by molar-refractivity contribution is -0.0973. The van der Waals surface area contributed by atoms with Crippen molar-refractivity contribution in [2.45, 2.75) is 37.9 Å². The topological polar surface area (TPSA) is 72.8 Å². The third-order valence-corrected chi connectivity index (χ3v) is 4.27. The van der Waals surface area contributed by atoms with Gasteiger partial charge in [0.05, 0.1) is 25.4 Å². The predicted molar refractivity (Wildman–Crippen MR) is 93.1 cm³/mol. The summed E-state index contributed by atoms with van der Waals surface area (Å²) in [5, 5.41) is 16.7. The number of hydrogen-bond acceptors (Lipinski definition) is 7. The Balaban J connectivity index is 2.48. The van der Waals surface area contributed by atoms with Crippen molar-refractivity contribution < 1.29 is 24.1 Å². The number of nitrogens with zero attached hydrogens (tertiary/aromatic N) is 2. The van der Waals surface area contributed by atoms with E-state index >= 15 is 0 Å². The van der Waals surface area contributed by atoms with Crippen LogP contribution in [0.5, 0.6) is 0 Å². The molecule has 4 atom stereocenters. The molecule has 7 nitrogen and oxygen atoms in total. The molecule has 1 aliphatic rings. The Bertz CT molecular complexity index is 341. The lowest BCUT2D eigenvalue weighted by Crippen LogP contribution is -2.26. The number of aliphatic hydroxyl groups excluding tert-OH is 1.